The Labute approximate surface area is 180 Å². The highest BCUT2D eigenvalue weighted by atomic mass is 16.6. The van der Waals surface area contributed by atoms with Gasteiger partial charge in [0.25, 0.3) is 5.91 Å². The van der Waals surface area contributed by atoms with E-state index < -0.39 is 0 Å². The topological polar surface area (TPSA) is 65.4 Å². The molecule has 154 valence electrons. The van der Waals surface area contributed by atoms with Gasteiger partial charge in [0.05, 0.1) is 16.9 Å². The largest absolute Gasteiger partial charge is 0.486 e. The number of fused-ring (bicyclic) bond motifs is 1. The van der Waals surface area contributed by atoms with Gasteiger partial charge in [-0.2, -0.15) is 5.10 Å². The van der Waals surface area contributed by atoms with E-state index in [2.05, 4.69) is 5.32 Å². The van der Waals surface area contributed by atoms with Crippen LogP contribution in [0.3, 0.4) is 0 Å². The molecule has 0 saturated heterocycles. The van der Waals surface area contributed by atoms with Crippen molar-refractivity contribution in [3.8, 4) is 28.4 Å². The van der Waals surface area contributed by atoms with E-state index in [1.807, 2.05) is 79.7 Å². The Balaban J connectivity index is 1.56. The third-order valence-electron chi connectivity index (χ3n) is 5.19. The van der Waals surface area contributed by atoms with Gasteiger partial charge in [0.2, 0.25) is 0 Å². The van der Waals surface area contributed by atoms with E-state index in [0.29, 0.717) is 41.7 Å². The quantitative estimate of drug-likeness (QED) is 0.520. The van der Waals surface area contributed by atoms with Crippen molar-refractivity contribution in [2.24, 2.45) is 0 Å². The molecule has 3 aromatic carbocycles. The van der Waals surface area contributed by atoms with Gasteiger partial charge in [0.1, 0.15) is 18.9 Å². The van der Waals surface area contributed by atoms with E-state index in [0.717, 1.165) is 16.9 Å². The lowest BCUT2D eigenvalue weighted by Crippen LogP contribution is -2.17. The van der Waals surface area contributed by atoms with Gasteiger partial charge in [-0.3, -0.25) is 4.79 Å². The number of hydrogen-bond acceptors (Lipinski definition) is 4. The predicted molar refractivity (Wildman–Crippen MR) is 119 cm³/mol. The highest BCUT2D eigenvalue weighted by Gasteiger charge is 2.24. The molecule has 1 aromatic heterocycles. The molecular weight excluding hydrogens is 390 g/mol. The number of carbonyl (C=O) groups is 1. The Morgan fingerprint density at radius 2 is 1.58 bits per heavy atom. The highest BCUT2D eigenvalue weighted by molar-refractivity contribution is 6.09. The molecule has 5 rings (SSSR count). The second-order valence-corrected chi connectivity index (χ2v) is 7.23. The standard InChI is InChI=1S/C25H21N3O3/c1-17-23(25(29)26-19-12-13-21-22(16-19)31-15-14-30-21)24(18-8-4-2-5-9-18)27-28(17)20-10-6-3-7-11-20/h2-13,16H,14-15H2,1H3,(H,26,29). The van der Waals surface area contributed by atoms with E-state index >= 15 is 0 Å². The summed E-state index contributed by atoms with van der Waals surface area (Å²) in [5, 5.41) is 7.79. The van der Waals surface area contributed by atoms with Crippen LogP contribution in [0.2, 0.25) is 0 Å². The molecule has 0 radical (unpaired) electrons. The van der Waals surface area contributed by atoms with E-state index in [9.17, 15) is 4.79 Å². The number of benzene rings is 3. The van der Waals surface area contributed by atoms with Crippen LogP contribution in [-0.4, -0.2) is 28.9 Å². The van der Waals surface area contributed by atoms with Crippen LogP contribution in [0.25, 0.3) is 16.9 Å². The third-order valence-corrected chi connectivity index (χ3v) is 5.19. The first-order valence-corrected chi connectivity index (χ1v) is 10.1. The first kappa shape index (κ1) is 18.9. The number of carbonyl (C=O) groups excluding carboxylic acids is 1. The molecule has 1 aliphatic rings. The number of amides is 1. The fraction of sp³-hybridized carbons (Fsp3) is 0.120. The fourth-order valence-corrected chi connectivity index (χ4v) is 3.71. The molecule has 2 heterocycles. The van der Waals surface area contributed by atoms with Crippen LogP contribution in [0.1, 0.15) is 16.1 Å². The monoisotopic (exact) mass is 411 g/mol. The minimum absolute atomic E-state index is 0.227. The number of nitrogens with one attached hydrogen (secondary N) is 1. The Hall–Kier alpha value is -4.06. The molecule has 0 fully saturated rings. The lowest BCUT2D eigenvalue weighted by Gasteiger charge is -2.19. The summed E-state index contributed by atoms with van der Waals surface area (Å²) in [6, 6.07) is 24.9. The molecule has 1 amide bonds. The summed E-state index contributed by atoms with van der Waals surface area (Å²) < 4.78 is 13.0. The van der Waals surface area contributed by atoms with E-state index in [1.165, 1.54) is 0 Å². The minimum Gasteiger partial charge on any atom is -0.486 e. The molecule has 31 heavy (non-hydrogen) atoms. The van der Waals surface area contributed by atoms with Crippen molar-refractivity contribution >= 4 is 11.6 Å². The van der Waals surface area contributed by atoms with Crippen LogP contribution in [0, 0.1) is 6.92 Å². The Morgan fingerprint density at radius 1 is 0.903 bits per heavy atom. The number of para-hydroxylation sites is 1. The minimum atomic E-state index is -0.227. The molecular formula is C25H21N3O3. The van der Waals surface area contributed by atoms with Crippen LogP contribution in [-0.2, 0) is 0 Å². The number of ether oxygens (including phenoxy) is 2. The molecule has 0 bridgehead atoms. The van der Waals surface area contributed by atoms with Crippen molar-refractivity contribution in [2.45, 2.75) is 6.92 Å². The zero-order valence-electron chi connectivity index (χ0n) is 17.0. The lowest BCUT2D eigenvalue weighted by atomic mass is 10.1. The smallest absolute Gasteiger partial charge is 0.259 e. The van der Waals surface area contributed by atoms with Crippen molar-refractivity contribution < 1.29 is 14.3 Å². The number of rotatable bonds is 4. The van der Waals surface area contributed by atoms with E-state index in [-0.39, 0.29) is 5.91 Å². The van der Waals surface area contributed by atoms with Crippen LogP contribution < -0.4 is 14.8 Å². The number of aromatic nitrogens is 2. The van der Waals surface area contributed by atoms with Crippen molar-refractivity contribution in [2.75, 3.05) is 18.5 Å². The average Bonchev–Trinajstić information content (AvgIpc) is 3.17. The third kappa shape index (κ3) is 3.64. The van der Waals surface area contributed by atoms with Crippen LogP contribution >= 0.6 is 0 Å². The molecule has 0 atom stereocenters. The van der Waals surface area contributed by atoms with Gasteiger partial charge in [-0.05, 0) is 31.2 Å². The Bertz CT molecular complexity index is 1230. The van der Waals surface area contributed by atoms with Crippen LogP contribution in [0.15, 0.2) is 78.9 Å². The molecule has 4 aromatic rings. The van der Waals surface area contributed by atoms with Gasteiger partial charge in [-0.15, -0.1) is 0 Å². The lowest BCUT2D eigenvalue weighted by molar-refractivity contribution is 0.102. The van der Waals surface area contributed by atoms with Crippen LogP contribution in [0.5, 0.6) is 11.5 Å². The summed E-state index contributed by atoms with van der Waals surface area (Å²) in [6.45, 7) is 2.92. The number of hydrogen-bond donors (Lipinski definition) is 1. The van der Waals surface area contributed by atoms with Crippen molar-refractivity contribution in [1.82, 2.24) is 9.78 Å². The number of anilines is 1. The summed E-state index contributed by atoms with van der Waals surface area (Å²) >= 11 is 0. The van der Waals surface area contributed by atoms with E-state index in [4.69, 9.17) is 14.6 Å². The van der Waals surface area contributed by atoms with Crippen molar-refractivity contribution in [3.63, 3.8) is 0 Å². The maximum absolute atomic E-state index is 13.4. The molecule has 1 aliphatic heterocycles. The van der Waals surface area contributed by atoms with Gasteiger partial charge in [0.15, 0.2) is 11.5 Å². The van der Waals surface area contributed by atoms with Gasteiger partial charge >= 0.3 is 0 Å². The Kier molecular flexibility index (Phi) is 4.88. The van der Waals surface area contributed by atoms with Gasteiger partial charge in [0, 0.05) is 17.3 Å². The van der Waals surface area contributed by atoms with E-state index in [1.54, 1.807) is 10.7 Å². The zero-order chi connectivity index (χ0) is 21.2. The molecule has 0 aliphatic carbocycles. The van der Waals surface area contributed by atoms with Crippen molar-refractivity contribution in [3.05, 3.63) is 90.1 Å². The van der Waals surface area contributed by atoms with Gasteiger partial charge in [-0.25, -0.2) is 4.68 Å². The maximum Gasteiger partial charge on any atom is 0.259 e. The summed E-state index contributed by atoms with van der Waals surface area (Å²) in [6.07, 6.45) is 0. The molecule has 1 N–H and O–H groups in total. The molecule has 6 nitrogen and oxygen atoms in total. The summed E-state index contributed by atoms with van der Waals surface area (Å²) in [7, 11) is 0. The van der Waals surface area contributed by atoms with Gasteiger partial charge < -0.3 is 14.8 Å². The zero-order valence-corrected chi connectivity index (χ0v) is 17.0. The first-order chi connectivity index (χ1) is 15.2. The number of nitrogens with zero attached hydrogens (tertiary/aromatic N) is 2. The highest BCUT2D eigenvalue weighted by Crippen LogP contribution is 2.33. The molecule has 0 saturated carbocycles. The van der Waals surface area contributed by atoms with Crippen molar-refractivity contribution in [1.29, 1.82) is 0 Å². The summed E-state index contributed by atoms with van der Waals surface area (Å²) in [4.78, 5) is 13.4. The molecule has 6 heteroatoms. The van der Waals surface area contributed by atoms with Gasteiger partial charge in [-0.1, -0.05) is 48.5 Å². The second kappa shape index (κ2) is 7.99. The summed E-state index contributed by atoms with van der Waals surface area (Å²) in [5.41, 5.74) is 4.35. The van der Waals surface area contributed by atoms with Crippen LogP contribution in [0.4, 0.5) is 5.69 Å². The normalized spacial score (nSPS) is 12.4. The molecule has 0 spiro atoms. The average molecular weight is 411 g/mol. The maximum atomic E-state index is 13.4. The molecule has 0 unspecified atom stereocenters. The fourth-order valence-electron chi connectivity index (χ4n) is 3.71. The summed E-state index contributed by atoms with van der Waals surface area (Å²) in [5.74, 6) is 1.08. The Morgan fingerprint density at radius 3 is 2.32 bits per heavy atom. The second-order valence-electron chi connectivity index (χ2n) is 7.23. The SMILES string of the molecule is Cc1c(C(=O)Nc2ccc3c(c2)OCCO3)c(-c2ccccc2)nn1-c1ccccc1. The predicted octanol–water partition coefficient (Wildman–Crippen LogP) is 4.87. The first-order valence-electron chi connectivity index (χ1n) is 10.1.